The maximum atomic E-state index is 5.74. The van der Waals surface area contributed by atoms with E-state index in [0.717, 1.165) is 49.6 Å². The van der Waals surface area contributed by atoms with Crippen molar-refractivity contribution in [1.82, 2.24) is 20.5 Å². The fraction of sp³-hybridized carbons (Fsp3) is 0.600. The van der Waals surface area contributed by atoms with Crippen molar-refractivity contribution in [2.24, 2.45) is 4.99 Å². The smallest absolute Gasteiger partial charge is 0.191 e. The quantitative estimate of drug-likeness (QED) is 0.490. The summed E-state index contributed by atoms with van der Waals surface area (Å²) < 4.78 is 5.74. The minimum atomic E-state index is 0.267. The highest BCUT2D eigenvalue weighted by Gasteiger charge is 2.26. The van der Waals surface area contributed by atoms with Gasteiger partial charge in [-0.1, -0.05) is 6.07 Å². The van der Waals surface area contributed by atoms with E-state index in [1.807, 2.05) is 30.3 Å². The molecule has 3 rings (SSSR count). The molecule has 0 bridgehead atoms. The van der Waals surface area contributed by atoms with Gasteiger partial charge in [-0.15, -0.1) is 22.7 Å². The van der Waals surface area contributed by atoms with Crippen LogP contribution in [0.1, 0.15) is 30.5 Å². The Morgan fingerprint density at radius 1 is 1.41 bits per heavy atom. The van der Waals surface area contributed by atoms with Crippen LogP contribution in [0.2, 0.25) is 0 Å². The summed E-state index contributed by atoms with van der Waals surface area (Å²) in [7, 11) is 4.02. The van der Waals surface area contributed by atoms with E-state index in [-0.39, 0.29) is 6.10 Å². The molecule has 1 aliphatic rings. The molecule has 0 saturated carbocycles. The van der Waals surface area contributed by atoms with Crippen LogP contribution < -0.4 is 15.5 Å². The van der Waals surface area contributed by atoms with Crippen LogP contribution in [0.5, 0.6) is 0 Å². The number of aliphatic imine (C=N–C) groups is 1. The maximum absolute atomic E-state index is 5.74. The van der Waals surface area contributed by atoms with E-state index >= 15 is 0 Å². The Morgan fingerprint density at radius 3 is 2.93 bits per heavy atom. The van der Waals surface area contributed by atoms with Gasteiger partial charge in [0, 0.05) is 50.5 Å². The molecular weight excluding hydrogens is 404 g/mol. The predicted octanol–water partition coefficient (Wildman–Crippen LogP) is 2.79. The molecule has 0 aliphatic carbocycles. The van der Waals surface area contributed by atoms with Crippen molar-refractivity contribution in [3.05, 3.63) is 33.5 Å². The number of morpholine rings is 1. The molecule has 0 aromatic carbocycles. The summed E-state index contributed by atoms with van der Waals surface area (Å²) in [5.74, 6) is 0.828. The molecule has 2 unspecified atom stereocenters. The Morgan fingerprint density at radius 2 is 2.28 bits per heavy atom. The largest absolute Gasteiger partial charge is 0.376 e. The van der Waals surface area contributed by atoms with E-state index in [0.29, 0.717) is 12.6 Å². The average Bonchev–Trinajstić information content (AvgIpc) is 3.38. The molecular formula is C20H32N6OS2. The lowest BCUT2D eigenvalue weighted by molar-refractivity contribution is -0.0334. The highest BCUT2D eigenvalue weighted by molar-refractivity contribution is 7.13. The second-order valence-electron chi connectivity index (χ2n) is 7.30. The summed E-state index contributed by atoms with van der Waals surface area (Å²) in [6, 6.07) is 4.66. The number of guanidine groups is 1. The van der Waals surface area contributed by atoms with Crippen LogP contribution in [0.3, 0.4) is 0 Å². The molecule has 9 heteroatoms. The number of hydrogen-bond donors (Lipinski definition) is 2. The fourth-order valence-corrected chi connectivity index (χ4v) is 4.90. The van der Waals surface area contributed by atoms with E-state index < -0.39 is 0 Å². The third-order valence-corrected chi connectivity index (χ3v) is 6.74. The highest BCUT2D eigenvalue weighted by atomic mass is 32.1. The Hall–Kier alpha value is -1.68. The molecule has 2 atom stereocenters. The van der Waals surface area contributed by atoms with Gasteiger partial charge in [0.15, 0.2) is 11.1 Å². The lowest BCUT2D eigenvalue weighted by atomic mass is 10.1. The first-order valence-corrected chi connectivity index (χ1v) is 11.9. The molecule has 160 valence electrons. The zero-order valence-electron chi connectivity index (χ0n) is 17.7. The third-order valence-electron chi connectivity index (χ3n) is 4.71. The molecule has 3 heterocycles. The number of thiazole rings is 1. The summed E-state index contributed by atoms with van der Waals surface area (Å²) in [6.07, 6.45) is 0.267. The van der Waals surface area contributed by atoms with Gasteiger partial charge in [0.1, 0.15) is 0 Å². The van der Waals surface area contributed by atoms with Gasteiger partial charge in [0.25, 0.3) is 0 Å². The molecule has 0 spiro atoms. The van der Waals surface area contributed by atoms with E-state index in [1.54, 1.807) is 11.3 Å². The lowest BCUT2D eigenvalue weighted by Gasteiger charge is -2.37. The molecule has 2 N–H and O–H groups in total. The van der Waals surface area contributed by atoms with Gasteiger partial charge in [0.05, 0.1) is 31.0 Å². The number of nitrogens with zero attached hydrogens (tertiary/aromatic N) is 4. The van der Waals surface area contributed by atoms with Crippen LogP contribution in [0.4, 0.5) is 5.13 Å². The van der Waals surface area contributed by atoms with E-state index in [9.17, 15) is 0 Å². The minimum absolute atomic E-state index is 0.267. The monoisotopic (exact) mass is 436 g/mol. The minimum Gasteiger partial charge on any atom is -0.376 e. The summed E-state index contributed by atoms with van der Waals surface area (Å²) in [6.45, 7) is 9.12. The van der Waals surface area contributed by atoms with Gasteiger partial charge in [-0.05, 0) is 25.3 Å². The Balaban J connectivity index is 1.65. The summed E-state index contributed by atoms with van der Waals surface area (Å²) in [5.41, 5.74) is 0.993. The fourth-order valence-electron chi connectivity index (χ4n) is 3.29. The van der Waals surface area contributed by atoms with Crippen molar-refractivity contribution < 1.29 is 4.74 Å². The van der Waals surface area contributed by atoms with E-state index in [2.05, 4.69) is 57.3 Å². The first kappa shape index (κ1) is 22.0. The van der Waals surface area contributed by atoms with E-state index in [4.69, 9.17) is 9.73 Å². The lowest BCUT2D eigenvalue weighted by Crippen LogP contribution is -2.48. The Bertz CT molecular complexity index is 761. The van der Waals surface area contributed by atoms with Crippen LogP contribution >= 0.6 is 22.7 Å². The molecule has 0 amide bonds. The highest BCUT2D eigenvalue weighted by Crippen LogP contribution is 2.26. The Labute approximate surface area is 181 Å². The van der Waals surface area contributed by atoms with Crippen molar-refractivity contribution in [3.63, 3.8) is 0 Å². The zero-order valence-corrected chi connectivity index (χ0v) is 19.4. The third kappa shape index (κ3) is 6.40. The van der Waals surface area contributed by atoms with Gasteiger partial charge in [0.2, 0.25) is 0 Å². The van der Waals surface area contributed by atoms with Gasteiger partial charge >= 0.3 is 0 Å². The van der Waals surface area contributed by atoms with Gasteiger partial charge < -0.3 is 20.3 Å². The first-order chi connectivity index (χ1) is 14.1. The van der Waals surface area contributed by atoms with Crippen molar-refractivity contribution in [2.75, 3.05) is 51.8 Å². The standard InChI is InChI=1S/C20H32N6OS2/c1-5-21-19(22-11-16-14-29-20(24-16)25(3)4)23-12-17(18-7-6-10-28-18)26-8-9-27-15(2)13-26/h6-7,10,14-15,17H,5,8-9,11-13H2,1-4H3,(H2,21,22,23). The molecule has 0 radical (unpaired) electrons. The molecule has 2 aromatic heterocycles. The van der Waals surface area contributed by atoms with Crippen LogP contribution in [0, 0.1) is 0 Å². The SMILES string of the molecule is CCNC(=NCc1csc(N(C)C)n1)NCC(c1cccs1)N1CCOC(C)C1. The second kappa shape index (κ2) is 10.9. The van der Waals surface area contributed by atoms with Crippen LogP contribution in [-0.4, -0.2) is 68.8 Å². The van der Waals surface area contributed by atoms with Crippen LogP contribution in [-0.2, 0) is 11.3 Å². The number of anilines is 1. The van der Waals surface area contributed by atoms with Crippen molar-refractivity contribution in [3.8, 4) is 0 Å². The number of hydrogen-bond acceptors (Lipinski definition) is 7. The number of thiophene rings is 1. The zero-order chi connectivity index (χ0) is 20.6. The molecule has 7 nitrogen and oxygen atoms in total. The van der Waals surface area contributed by atoms with E-state index in [1.165, 1.54) is 4.88 Å². The summed E-state index contributed by atoms with van der Waals surface area (Å²) in [4.78, 5) is 15.3. The molecule has 1 fully saturated rings. The topological polar surface area (TPSA) is 65.0 Å². The molecule has 2 aromatic rings. The average molecular weight is 437 g/mol. The molecule has 1 aliphatic heterocycles. The van der Waals surface area contributed by atoms with Crippen molar-refractivity contribution in [1.29, 1.82) is 0 Å². The number of ether oxygens (including phenoxy) is 1. The predicted molar refractivity (Wildman–Crippen MR) is 123 cm³/mol. The first-order valence-electron chi connectivity index (χ1n) is 10.1. The van der Waals surface area contributed by atoms with Gasteiger partial charge in [-0.3, -0.25) is 4.90 Å². The second-order valence-corrected chi connectivity index (χ2v) is 9.12. The molecule has 1 saturated heterocycles. The van der Waals surface area contributed by atoms with Crippen molar-refractivity contribution in [2.45, 2.75) is 32.5 Å². The number of nitrogens with one attached hydrogen (secondary N) is 2. The van der Waals surface area contributed by atoms with Crippen molar-refractivity contribution >= 4 is 33.8 Å². The normalized spacial score (nSPS) is 19.2. The van der Waals surface area contributed by atoms with Crippen LogP contribution in [0.15, 0.2) is 27.9 Å². The van der Waals surface area contributed by atoms with Gasteiger partial charge in [-0.2, -0.15) is 0 Å². The van der Waals surface area contributed by atoms with Gasteiger partial charge in [-0.25, -0.2) is 9.98 Å². The number of aromatic nitrogens is 1. The van der Waals surface area contributed by atoms with Crippen LogP contribution in [0.25, 0.3) is 0 Å². The number of rotatable bonds is 8. The maximum Gasteiger partial charge on any atom is 0.191 e. The summed E-state index contributed by atoms with van der Waals surface area (Å²) >= 11 is 3.46. The summed E-state index contributed by atoms with van der Waals surface area (Å²) in [5, 5.41) is 12.1. The Kier molecular flexibility index (Phi) is 8.29. The molecule has 29 heavy (non-hydrogen) atoms.